The minimum Gasteiger partial charge on any atom is -0.383 e. The molecule has 5 rings (SSSR count). The van der Waals surface area contributed by atoms with Crippen molar-refractivity contribution in [2.24, 2.45) is 0 Å². The van der Waals surface area contributed by atoms with Crippen molar-refractivity contribution in [3.05, 3.63) is 60.7 Å². The first-order valence-electron chi connectivity index (χ1n) is 8.24. The molecule has 0 saturated carbocycles. The molecule has 5 aromatic rings. The summed E-state index contributed by atoms with van der Waals surface area (Å²) < 4.78 is 1.26. The van der Waals surface area contributed by atoms with Gasteiger partial charge in [-0.3, -0.25) is 5.10 Å². The van der Waals surface area contributed by atoms with Crippen LogP contribution >= 0.6 is 11.3 Å². The fourth-order valence-corrected chi connectivity index (χ4v) is 4.44. The number of thiophene rings is 1. The van der Waals surface area contributed by atoms with Gasteiger partial charge >= 0.3 is 0 Å². The largest absolute Gasteiger partial charge is 0.383 e. The Morgan fingerprint density at radius 1 is 1.04 bits per heavy atom. The van der Waals surface area contributed by atoms with E-state index in [2.05, 4.69) is 62.6 Å². The molecule has 6 heteroatoms. The first-order valence-corrected chi connectivity index (χ1v) is 9.06. The Morgan fingerprint density at radius 2 is 1.92 bits per heavy atom. The van der Waals surface area contributed by atoms with E-state index in [0.717, 1.165) is 33.3 Å². The molecule has 3 heterocycles. The number of rotatable bonds is 2. The molecule has 3 aromatic heterocycles. The molecule has 0 amide bonds. The van der Waals surface area contributed by atoms with Gasteiger partial charge in [-0.2, -0.15) is 5.10 Å². The summed E-state index contributed by atoms with van der Waals surface area (Å²) in [6.07, 6.45) is 3.34. The Hall–Kier alpha value is -3.25. The summed E-state index contributed by atoms with van der Waals surface area (Å²) in [6.45, 7) is 1.95. The molecule has 0 saturated heterocycles. The third kappa shape index (κ3) is 2.27. The van der Waals surface area contributed by atoms with Crippen LogP contribution in [0.1, 0.15) is 5.69 Å². The lowest BCUT2D eigenvalue weighted by Crippen LogP contribution is -1.98. The van der Waals surface area contributed by atoms with Crippen LogP contribution in [0.5, 0.6) is 0 Å². The second-order valence-corrected chi connectivity index (χ2v) is 7.31. The maximum atomic E-state index is 6.15. The van der Waals surface area contributed by atoms with Crippen LogP contribution in [0.4, 0.5) is 5.82 Å². The normalized spacial score (nSPS) is 11.4. The van der Waals surface area contributed by atoms with Crippen molar-refractivity contribution in [1.82, 2.24) is 20.2 Å². The van der Waals surface area contributed by atoms with E-state index in [1.807, 2.05) is 13.1 Å². The summed E-state index contributed by atoms with van der Waals surface area (Å²) in [5, 5.41) is 9.65. The second kappa shape index (κ2) is 5.64. The third-order valence-corrected chi connectivity index (χ3v) is 5.74. The fourth-order valence-electron chi connectivity index (χ4n) is 3.36. The highest BCUT2D eigenvalue weighted by atomic mass is 32.1. The number of nitrogens with zero attached hydrogens (tertiary/aromatic N) is 3. The molecular weight excluding hydrogens is 342 g/mol. The van der Waals surface area contributed by atoms with Gasteiger partial charge in [-0.1, -0.05) is 18.2 Å². The summed E-state index contributed by atoms with van der Waals surface area (Å²) in [7, 11) is 0. The van der Waals surface area contributed by atoms with E-state index < -0.39 is 0 Å². The number of nitrogen functional groups attached to an aromatic ring is 1. The quantitative estimate of drug-likeness (QED) is 0.476. The fraction of sp³-hybridized carbons (Fsp3) is 0.0500. The summed E-state index contributed by atoms with van der Waals surface area (Å²) >= 11 is 1.77. The number of aromatic amines is 1. The van der Waals surface area contributed by atoms with E-state index in [-0.39, 0.29) is 0 Å². The molecule has 5 nitrogen and oxygen atoms in total. The Balaban J connectivity index is 1.81. The molecule has 0 spiro atoms. The Morgan fingerprint density at radius 3 is 2.77 bits per heavy atom. The number of nitrogens with two attached hydrogens (primary N) is 1. The number of benzene rings is 2. The number of aryl methyl sites for hydroxylation is 1. The molecule has 0 aliphatic heterocycles. The molecule has 0 aliphatic carbocycles. The van der Waals surface area contributed by atoms with Crippen LogP contribution in [0.3, 0.4) is 0 Å². The smallest absolute Gasteiger partial charge is 0.134 e. The van der Waals surface area contributed by atoms with Crippen LogP contribution in [0, 0.1) is 6.92 Å². The van der Waals surface area contributed by atoms with Gasteiger partial charge in [0.05, 0.1) is 17.4 Å². The first-order chi connectivity index (χ1) is 12.7. The maximum absolute atomic E-state index is 6.15. The number of anilines is 1. The Labute approximate surface area is 153 Å². The van der Waals surface area contributed by atoms with Gasteiger partial charge in [-0.05, 0) is 42.1 Å². The van der Waals surface area contributed by atoms with Gasteiger partial charge in [-0.25, -0.2) is 9.97 Å². The third-order valence-electron chi connectivity index (χ3n) is 4.59. The zero-order chi connectivity index (χ0) is 17.7. The zero-order valence-electron chi connectivity index (χ0n) is 14.0. The number of nitrogens with one attached hydrogen (secondary N) is 1. The second-order valence-electron chi connectivity index (χ2n) is 6.23. The predicted octanol–water partition coefficient (Wildman–Crippen LogP) is 4.79. The predicted molar refractivity (Wildman–Crippen MR) is 107 cm³/mol. The van der Waals surface area contributed by atoms with Gasteiger partial charge in [0.2, 0.25) is 0 Å². The van der Waals surface area contributed by atoms with Crippen molar-refractivity contribution >= 4 is 38.1 Å². The monoisotopic (exact) mass is 357 g/mol. The molecule has 0 bridgehead atoms. The zero-order valence-corrected chi connectivity index (χ0v) is 14.8. The molecule has 0 radical (unpaired) electrons. The van der Waals surface area contributed by atoms with E-state index in [0.29, 0.717) is 5.82 Å². The Kier molecular flexibility index (Phi) is 3.26. The average Bonchev–Trinajstić information content (AvgIpc) is 3.27. The number of hydrogen-bond acceptors (Lipinski definition) is 5. The van der Waals surface area contributed by atoms with Crippen molar-refractivity contribution in [1.29, 1.82) is 0 Å². The summed E-state index contributed by atoms with van der Waals surface area (Å²) in [5.74, 6) is 0.489. The van der Waals surface area contributed by atoms with Gasteiger partial charge in [0.25, 0.3) is 0 Å². The molecule has 3 N–H and O–H groups in total. The van der Waals surface area contributed by atoms with E-state index in [9.17, 15) is 0 Å². The van der Waals surface area contributed by atoms with Gasteiger partial charge in [0.15, 0.2) is 0 Å². The molecule has 126 valence electrons. The van der Waals surface area contributed by atoms with Crippen molar-refractivity contribution in [3.63, 3.8) is 0 Å². The lowest BCUT2D eigenvalue weighted by Gasteiger charge is -2.10. The van der Waals surface area contributed by atoms with Crippen LogP contribution in [0.2, 0.25) is 0 Å². The average molecular weight is 357 g/mol. The molecule has 2 aromatic carbocycles. The molecule has 0 aliphatic rings. The van der Waals surface area contributed by atoms with Gasteiger partial charge in [0.1, 0.15) is 12.1 Å². The highest BCUT2D eigenvalue weighted by molar-refractivity contribution is 7.22. The van der Waals surface area contributed by atoms with Crippen molar-refractivity contribution in [2.45, 2.75) is 6.92 Å². The lowest BCUT2D eigenvalue weighted by molar-refractivity contribution is 1.11. The minimum absolute atomic E-state index is 0.489. The molecule has 0 atom stereocenters. The van der Waals surface area contributed by atoms with E-state index in [4.69, 9.17) is 5.73 Å². The van der Waals surface area contributed by atoms with Crippen LogP contribution < -0.4 is 5.73 Å². The minimum atomic E-state index is 0.489. The summed E-state index contributed by atoms with van der Waals surface area (Å²) in [5.41, 5.74) is 11.0. The van der Waals surface area contributed by atoms with Crippen LogP contribution in [0.25, 0.3) is 42.6 Å². The molecular formula is C20H15N5S. The first kappa shape index (κ1) is 15.0. The van der Waals surface area contributed by atoms with Crippen molar-refractivity contribution in [2.75, 3.05) is 5.73 Å². The summed E-state index contributed by atoms with van der Waals surface area (Å²) in [4.78, 5) is 9.67. The van der Waals surface area contributed by atoms with Gasteiger partial charge in [0, 0.05) is 26.1 Å². The molecule has 26 heavy (non-hydrogen) atoms. The number of aromatic nitrogens is 4. The van der Waals surface area contributed by atoms with E-state index in [1.54, 1.807) is 11.3 Å². The summed E-state index contributed by atoms with van der Waals surface area (Å²) in [6, 6.07) is 14.9. The topological polar surface area (TPSA) is 80.5 Å². The lowest BCUT2D eigenvalue weighted by atomic mass is 9.99. The van der Waals surface area contributed by atoms with Crippen LogP contribution in [0.15, 0.2) is 55.0 Å². The highest BCUT2D eigenvalue weighted by Gasteiger charge is 2.15. The van der Waals surface area contributed by atoms with Crippen LogP contribution in [-0.4, -0.2) is 20.2 Å². The van der Waals surface area contributed by atoms with Gasteiger partial charge < -0.3 is 5.73 Å². The Bertz CT molecular complexity index is 1210. The number of hydrogen-bond donors (Lipinski definition) is 2. The number of H-pyrrole nitrogens is 1. The maximum Gasteiger partial charge on any atom is 0.134 e. The highest BCUT2D eigenvalue weighted by Crippen LogP contribution is 2.40. The molecule has 0 unspecified atom stereocenters. The van der Waals surface area contributed by atoms with E-state index >= 15 is 0 Å². The SMILES string of the molecule is Cc1ncnc(N)c1-c1cc(-c2cc3ccccc3s2)c2[nH]ncc2c1. The number of fused-ring (bicyclic) bond motifs is 2. The molecule has 0 fully saturated rings. The van der Waals surface area contributed by atoms with Crippen LogP contribution in [-0.2, 0) is 0 Å². The van der Waals surface area contributed by atoms with Crippen molar-refractivity contribution < 1.29 is 0 Å². The van der Waals surface area contributed by atoms with Gasteiger partial charge in [-0.15, -0.1) is 11.3 Å². The standard InChI is InChI=1S/C20H15N5S/c1-11-18(20(21)23-10-22-11)13-6-14-9-24-25-19(14)15(7-13)17-8-12-4-2-3-5-16(12)26-17/h2-10H,1H3,(H,24,25)(H2,21,22,23). The van der Waals surface area contributed by atoms with Crippen molar-refractivity contribution in [3.8, 4) is 21.6 Å². The van der Waals surface area contributed by atoms with E-state index in [1.165, 1.54) is 21.3 Å².